The molecule has 0 aromatic carbocycles. The van der Waals surface area contributed by atoms with E-state index in [0.717, 1.165) is 19.3 Å². The van der Waals surface area contributed by atoms with Gasteiger partial charge >= 0.3 is 0 Å². The Balaban J connectivity index is 4.15. The summed E-state index contributed by atoms with van der Waals surface area (Å²) >= 11 is 0. The third-order valence-corrected chi connectivity index (χ3v) is 4.11. The van der Waals surface area contributed by atoms with Crippen molar-refractivity contribution in [2.45, 2.75) is 64.2 Å². The fourth-order valence-electron chi connectivity index (χ4n) is 1.27. The van der Waals surface area contributed by atoms with Crippen LogP contribution >= 0.6 is 0 Å². The van der Waals surface area contributed by atoms with E-state index in [-0.39, 0.29) is 4.75 Å². The van der Waals surface area contributed by atoms with Gasteiger partial charge in [-0.1, -0.05) is 32.8 Å². The maximum atomic E-state index is 11.9. The lowest BCUT2D eigenvalue weighted by molar-refractivity contribution is 0.204. The highest BCUT2D eigenvalue weighted by molar-refractivity contribution is 7.90. The van der Waals surface area contributed by atoms with Crippen molar-refractivity contribution in [1.82, 2.24) is 0 Å². The number of aliphatic hydroxyl groups excluding tert-OH is 1. The van der Waals surface area contributed by atoms with E-state index in [1.165, 1.54) is 0 Å². The van der Waals surface area contributed by atoms with Crippen LogP contribution in [0.15, 0.2) is 11.5 Å². The average molecular weight is 232 g/mol. The number of aliphatic hydroxyl groups is 1. The summed E-state index contributed by atoms with van der Waals surface area (Å²) in [7, 11) is -1.16. The molecule has 3 heteroatoms. The molecule has 0 bridgehead atoms. The van der Waals surface area contributed by atoms with Crippen LogP contribution in [0, 0.1) is 0 Å². The summed E-state index contributed by atoms with van der Waals surface area (Å²) in [6.07, 6.45) is 3.26. The first-order valence-corrected chi connectivity index (χ1v) is 6.74. The highest BCUT2D eigenvalue weighted by Gasteiger charge is 2.25. The molecule has 0 rings (SSSR count). The first-order valence-electron chi connectivity index (χ1n) is 5.59. The van der Waals surface area contributed by atoms with Crippen molar-refractivity contribution in [3.8, 4) is 0 Å². The Labute approximate surface area is 96.2 Å². The Bertz CT molecular complexity index is 228. The molecule has 2 nitrogen and oxygen atoms in total. The van der Waals surface area contributed by atoms with E-state index < -0.39 is 16.9 Å². The largest absolute Gasteiger partial charge is 0.388 e. The highest BCUT2D eigenvalue weighted by Crippen LogP contribution is 2.22. The van der Waals surface area contributed by atoms with Crippen LogP contribution in [-0.2, 0) is 10.8 Å². The monoisotopic (exact) mass is 232 g/mol. The molecule has 0 saturated carbocycles. The topological polar surface area (TPSA) is 37.3 Å². The summed E-state index contributed by atoms with van der Waals surface area (Å²) in [5, 5.41) is 9.79. The lowest BCUT2D eigenvalue weighted by Gasteiger charge is -2.22. The summed E-state index contributed by atoms with van der Waals surface area (Å²) in [6.45, 7) is 11.6. The Morgan fingerprint density at radius 2 is 1.93 bits per heavy atom. The summed E-state index contributed by atoms with van der Waals surface area (Å²) in [5.41, 5.74) is 0. The molecule has 0 heterocycles. The van der Waals surface area contributed by atoms with E-state index >= 15 is 0 Å². The highest BCUT2D eigenvalue weighted by atomic mass is 32.2. The van der Waals surface area contributed by atoms with Crippen LogP contribution < -0.4 is 0 Å². The molecule has 0 saturated heterocycles. The minimum atomic E-state index is -1.16. The summed E-state index contributed by atoms with van der Waals surface area (Å²) < 4.78 is 11.6. The first kappa shape index (κ1) is 14.8. The minimum Gasteiger partial charge on any atom is -0.388 e. The van der Waals surface area contributed by atoms with Gasteiger partial charge in [-0.05, 0) is 27.2 Å². The van der Waals surface area contributed by atoms with Crippen LogP contribution in [0.3, 0.4) is 0 Å². The molecule has 0 aliphatic carbocycles. The Hall–Kier alpha value is -0.150. The van der Waals surface area contributed by atoms with Crippen molar-refractivity contribution in [3.05, 3.63) is 11.5 Å². The number of hydrogen-bond acceptors (Lipinski definition) is 2. The molecule has 0 fully saturated rings. The van der Waals surface area contributed by atoms with E-state index in [4.69, 9.17) is 0 Å². The number of hydrogen-bond donors (Lipinski definition) is 1. The van der Waals surface area contributed by atoms with Crippen LogP contribution in [-0.4, -0.2) is 20.2 Å². The third kappa shape index (κ3) is 5.47. The zero-order chi connectivity index (χ0) is 12.1. The maximum absolute atomic E-state index is 11.9. The zero-order valence-electron chi connectivity index (χ0n) is 10.4. The molecular weight excluding hydrogens is 208 g/mol. The second-order valence-electron chi connectivity index (χ2n) is 4.86. The Morgan fingerprint density at radius 3 is 2.33 bits per heavy atom. The standard InChI is InChI=1S/C12H24O2S/c1-6-7-8-9-11(13)10(2)15(14)12(3,4)5/h11,13H,2,6-9H2,1,3-5H3/t11-,15?/m1/s1. The molecule has 1 N–H and O–H groups in total. The molecule has 2 atom stereocenters. The third-order valence-electron chi connectivity index (χ3n) is 2.25. The Kier molecular flexibility index (Phi) is 6.37. The van der Waals surface area contributed by atoms with Crippen LogP contribution in [0.25, 0.3) is 0 Å². The van der Waals surface area contributed by atoms with Crippen LogP contribution in [0.4, 0.5) is 0 Å². The van der Waals surface area contributed by atoms with Crippen molar-refractivity contribution in [2.75, 3.05) is 0 Å². The zero-order valence-corrected chi connectivity index (χ0v) is 11.2. The summed E-state index contributed by atoms with van der Waals surface area (Å²) in [4.78, 5) is 0.471. The van der Waals surface area contributed by atoms with E-state index in [0.29, 0.717) is 11.3 Å². The van der Waals surface area contributed by atoms with Crippen LogP contribution in [0.1, 0.15) is 53.4 Å². The van der Waals surface area contributed by atoms with E-state index in [2.05, 4.69) is 13.5 Å². The van der Waals surface area contributed by atoms with Gasteiger partial charge in [-0.25, -0.2) is 0 Å². The SMILES string of the molecule is C=C([C@H](O)CCCCC)S(=O)C(C)(C)C. The van der Waals surface area contributed by atoms with Crippen molar-refractivity contribution in [3.63, 3.8) is 0 Å². The van der Waals surface area contributed by atoms with Gasteiger partial charge < -0.3 is 5.11 Å². The number of rotatable bonds is 6. The second kappa shape index (κ2) is 6.44. The van der Waals surface area contributed by atoms with Gasteiger partial charge in [0.25, 0.3) is 0 Å². The first-order chi connectivity index (χ1) is 6.80. The molecule has 0 spiro atoms. The van der Waals surface area contributed by atoms with Gasteiger partial charge in [-0.2, -0.15) is 0 Å². The van der Waals surface area contributed by atoms with Gasteiger partial charge in [-0.3, -0.25) is 4.21 Å². The lowest BCUT2D eigenvalue weighted by Crippen LogP contribution is -2.27. The average Bonchev–Trinajstić information content (AvgIpc) is 2.14. The van der Waals surface area contributed by atoms with Crippen molar-refractivity contribution < 1.29 is 9.32 Å². The Morgan fingerprint density at radius 1 is 1.40 bits per heavy atom. The molecule has 0 aromatic heterocycles. The van der Waals surface area contributed by atoms with Crippen LogP contribution in [0.2, 0.25) is 0 Å². The molecule has 15 heavy (non-hydrogen) atoms. The smallest absolute Gasteiger partial charge is 0.0867 e. The fourth-order valence-corrected chi connectivity index (χ4v) is 2.42. The van der Waals surface area contributed by atoms with Gasteiger partial charge in [0, 0.05) is 9.65 Å². The lowest BCUT2D eigenvalue weighted by atomic mass is 10.1. The fraction of sp³-hybridized carbons (Fsp3) is 0.833. The predicted molar refractivity (Wildman–Crippen MR) is 67.2 cm³/mol. The van der Waals surface area contributed by atoms with Crippen molar-refractivity contribution >= 4 is 10.8 Å². The summed E-state index contributed by atoms with van der Waals surface area (Å²) in [5.74, 6) is 0. The number of unbranched alkanes of at least 4 members (excludes halogenated alkanes) is 2. The molecular formula is C12H24O2S. The quantitative estimate of drug-likeness (QED) is 0.715. The normalized spacial score (nSPS) is 16.1. The van der Waals surface area contributed by atoms with Crippen molar-refractivity contribution in [1.29, 1.82) is 0 Å². The van der Waals surface area contributed by atoms with E-state index in [1.54, 1.807) is 0 Å². The summed E-state index contributed by atoms with van der Waals surface area (Å²) in [6, 6.07) is 0. The van der Waals surface area contributed by atoms with Crippen LogP contribution in [0.5, 0.6) is 0 Å². The molecule has 0 amide bonds. The van der Waals surface area contributed by atoms with Gasteiger partial charge in [-0.15, -0.1) is 0 Å². The molecule has 0 aliphatic heterocycles. The van der Waals surface area contributed by atoms with Gasteiger partial charge in [0.15, 0.2) is 0 Å². The van der Waals surface area contributed by atoms with Gasteiger partial charge in [0.1, 0.15) is 0 Å². The van der Waals surface area contributed by atoms with E-state index in [1.807, 2.05) is 20.8 Å². The second-order valence-corrected chi connectivity index (χ2v) is 7.15. The molecule has 0 aliphatic rings. The molecule has 90 valence electrons. The van der Waals surface area contributed by atoms with Gasteiger partial charge in [0.2, 0.25) is 0 Å². The molecule has 0 radical (unpaired) electrons. The van der Waals surface area contributed by atoms with Gasteiger partial charge in [0.05, 0.1) is 16.9 Å². The van der Waals surface area contributed by atoms with E-state index in [9.17, 15) is 9.32 Å². The minimum absolute atomic E-state index is 0.331. The predicted octanol–water partition coefficient (Wildman–Crippen LogP) is 2.99. The molecule has 1 unspecified atom stereocenters. The maximum Gasteiger partial charge on any atom is 0.0867 e. The van der Waals surface area contributed by atoms with Crippen molar-refractivity contribution in [2.24, 2.45) is 0 Å². The molecule has 0 aromatic rings.